The third-order valence-electron chi connectivity index (χ3n) is 3.92. The average Bonchev–Trinajstić information content (AvgIpc) is 3.00. The van der Waals surface area contributed by atoms with Gasteiger partial charge in [-0.05, 0) is 25.1 Å². The van der Waals surface area contributed by atoms with Crippen molar-refractivity contribution in [3.05, 3.63) is 88.5 Å². The first-order chi connectivity index (χ1) is 11.6. The van der Waals surface area contributed by atoms with Crippen LogP contribution in [0.3, 0.4) is 0 Å². The molecule has 0 fully saturated rings. The normalized spacial score (nSPS) is 12.0. The summed E-state index contributed by atoms with van der Waals surface area (Å²) in [5, 5.41) is 3.64. The highest BCUT2D eigenvalue weighted by atomic mass is 35.5. The number of benzene rings is 2. The van der Waals surface area contributed by atoms with Crippen LogP contribution in [0.2, 0.25) is 5.02 Å². The quantitative estimate of drug-likeness (QED) is 0.783. The van der Waals surface area contributed by atoms with E-state index in [9.17, 15) is 4.79 Å². The van der Waals surface area contributed by atoms with E-state index in [1.54, 1.807) is 6.20 Å². The van der Waals surface area contributed by atoms with Gasteiger partial charge in [0.25, 0.3) is 5.91 Å². The Hall–Kier alpha value is -2.59. The summed E-state index contributed by atoms with van der Waals surface area (Å²) in [6, 6.07) is 14.5. The van der Waals surface area contributed by atoms with Gasteiger partial charge in [0.15, 0.2) is 0 Å². The third-order valence-corrected chi connectivity index (χ3v) is 4.27. The van der Waals surface area contributed by atoms with E-state index < -0.39 is 6.04 Å². The molecule has 2 aromatic carbocycles. The summed E-state index contributed by atoms with van der Waals surface area (Å²) in [6.07, 6.45) is 3.55. The first-order valence-corrected chi connectivity index (χ1v) is 8.03. The minimum atomic E-state index is -0.424. The van der Waals surface area contributed by atoms with Crippen molar-refractivity contribution >= 4 is 17.5 Å². The van der Waals surface area contributed by atoms with E-state index in [-0.39, 0.29) is 5.91 Å². The largest absolute Gasteiger partial charge is 0.338 e. The van der Waals surface area contributed by atoms with Gasteiger partial charge in [0.2, 0.25) is 0 Å². The number of nitrogens with one attached hydrogen (secondary N) is 1. The molecule has 3 rings (SSSR count). The van der Waals surface area contributed by atoms with Crippen molar-refractivity contribution < 1.29 is 4.79 Å². The van der Waals surface area contributed by atoms with E-state index in [1.807, 2.05) is 73.3 Å². The Balaban J connectivity index is 1.97. The second kappa shape index (κ2) is 6.89. The number of amides is 1. The summed E-state index contributed by atoms with van der Waals surface area (Å²) >= 11 is 6.35. The number of aryl methyl sites for hydroxylation is 2. The molecule has 1 unspecified atom stereocenters. The molecule has 0 aliphatic carbocycles. The zero-order valence-electron chi connectivity index (χ0n) is 13.5. The van der Waals surface area contributed by atoms with Gasteiger partial charge in [0, 0.05) is 35.6 Å². The number of hydrogen-bond donors (Lipinski definition) is 1. The fraction of sp³-hybridized carbons (Fsp3) is 0.158. The Morgan fingerprint density at radius 3 is 2.50 bits per heavy atom. The number of rotatable bonds is 4. The van der Waals surface area contributed by atoms with E-state index in [0.717, 1.165) is 17.0 Å². The Kier molecular flexibility index (Phi) is 4.67. The second-order valence-corrected chi connectivity index (χ2v) is 6.10. The van der Waals surface area contributed by atoms with Gasteiger partial charge in [-0.25, -0.2) is 4.98 Å². The molecule has 0 radical (unpaired) electrons. The minimum Gasteiger partial charge on any atom is -0.338 e. The van der Waals surface area contributed by atoms with Crippen LogP contribution in [0.1, 0.15) is 33.4 Å². The van der Waals surface area contributed by atoms with Crippen LogP contribution < -0.4 is 5.32 Å². The van der Waals surface area contributed by atoms with E-state index >= 15 is 0 Å². The molecule has 0 aliphatic rings. The van der Waals surface area contributed by atoms with E-state index in [2.05, 4.69) is 10.3 Å². The second-order valence-electron chi connectivity index (χ2n) is 5.69. The number of carbonyl (C=O) groups excluding carboxylic acids is 1. The lowest BCUT2D eigenvalue weighted by Crippen LogP contribution is -2.31. The first-order valence-electron chi connectivity index (χ1n) is 7.65. The summed E-state index contributed by atoms with van der Waals surface area (Å²) in [4.78, 5) is 17.1. The van der Waals surface area contributed by atoms with Gasteiger partial charge in [-0.15, -0.1) is 0 Å². The summed E-state index contributed by atoms with van der Waals surface area (Å²) in [6.45, 7) is 1.99. The topological polar surface area (TPSA) is 46.9 Å². The molecule has 0 spiro atoms. The highest BCUT2D eigenvalue weighted by Gasteiger charge is 2.23. The van der Waals surface area contributed by atoms with E-state index in [1.165, 1.54) is 0 Å². The number of nitrogens with zero attached hydrogens (tertiary/aromatic N) is 2. The maximum absolute atomic E-state index is 12.7. The molecule has 1 heterocycles. The monoisotopic (exact) mass is 339 g/mol. The maximum atomic E-state index is 12.7. The zero-order chi connectivity index (χ0) is 17.1. The smallest absolute Gasteiger partial charge is 0.252 e. The predicted molar refractivity (Wildman–Crippen MR) is 95.1 cm³/mol. The van der Waals surface area contributed by atoms with Crippen molar-refractivity contribution in [1.82, 2.24) is 14.9 Å². The van der Waals surface area contributed by atoms with Crippen LogP contribution in [0.5, 0.6) is 0 Å². The molecule has 5 heteroatoms. The lowest BCUT2D eigenvalue weighted by molar-refractivity contribution is 0.0941. The first kappa shape index (κ1) is 16.3. The lowest BCUT2D eigenvalue weighted by Gasteiger charge is -2.20. The molecular weight excluding hydrogens is 322 g/mol. The molecule has 3 aromatic rings. The number of halogens is 1. The molecule has 0 aliphatic heterocycles. The number of carbonyl (C=O) groups is 1. The Morgan fingerprint density at radius 1 is 1.17 bits per heavy atom. The van der Waals surface area contributed by atoms with Crippen molar-refractivity contribution in [2.45, 2.75) is 13.0 Å². The summed E-state index contributed by atoms with van der Waals surface area (Å²) in [5.74, 6) is 0.562. The van der Waals surface area contributed by atoms with Crippen molar-refractivity contribution in [1.29, 1.82) is 0 Å². The Bertz CT molecular complexity index is 855. The minimum absolute atomic E-state index is 0.164. The van der Waals surface area contributed by atoms with Crippen LogP contribution in [0.15, 0.2) is 60.9 Å². The summed E-state index contributed by atoms with van der Waals surface area (Å²) in [5.41, 5.74) is 2.53. The van der Waals surface area contributed by atoms with Gasteiger partial charge in [0.05, 0.1) is 0 Å². The molecule has 1 amide bonds. The fourth-order valence-corrected chi connectivity index (χ4v) is 2.81. The van der Waals surface area contributed by atoms with Gasteiger partial charge in [0.1, 0.15) is 11.9 Å². The van der Waals surface area contributed by atoms with Gasteiger partial charge >= 0.3 is 0 Å². The number of aromatic nitrogens is 2. The van der Waals surface area contributed by atoms with Crippen LogP contribution in [0.25, 0.3) is 0 Å². The molecular formula is C19H18ClN3O. The van der Waals surface area contributed by atoms with Crippen molar-refractivity contribution in [2.75, 3.05) is 0 Å². The van der Waals surface area contributed by atoms with Crippen molar-refractivity contribution in [3.8, 4) is 0 Å². The van der Waals surface area contributed by atoms with Crippen LogP contribution in [-0.2, 0) is 7.05 Å². The number of hydrogen-bond acceptors (Lipinski definition) is 2. The molecule has 1 atom stereocenters. The highest BCUT2D eigenvalue weighted by molar-refractivity contribution is 6.31. The van der Waals surface area contributed by atoms with Gasteiger partial charge < -0.3 is 9.88 Å². The van der Waals surface area contributed by atoms with Gasteiger partial charge in [-0.2, -0.15) is 0 Å². The summed E-state index contributed by atoms with van der Waals surface area (Å²) < 4.78 is 1.88. The average molecular weight is 340 g/mol. The molecule has 0 bridgehead atoms. The molecule has 24 heavy (non-hydrogen) atoms. The molecule has 1 aromatic heterocycles. The third kappa shape index (κ3) is 3.34. The Labute approximate surface area is 146 Å². The van der Waals surface area contributed by atoms with Crippen molar-refractivity contribution in [3.63, 3.8) is 0 Å². The molecule has 0 saturated heterocycles. The lowest BCUT2D eigenvalue weighted by atomic mass is 10.0. The standard InChI is InChI=1S/C19H18ClN3O/c1-13-7-9-14(10-8-13)19(24)22-17(18-21-11-12-23(18)2)15-5-3-4-6-16(15)20/h3-12,17H,1-2H3,(H,22,24). The van der Waals surface area contributed by atoms with Crippen LogP contribution in [-0.4, -0.2) is 15.5 Å². The van der Waals surface area contributed by atoms with Crippen LogP contribution in [0.4, 0.5) is 0 Å². The van der Waals surface area contributed by atoms with Gasteiger partial charge in [-0.3, -0.25) is 4.79 Å². The van der Waals surface area contributed by atoms with Crippen LogP contribution >= 0.6 is 11.6 Å². The fourth-order valence-electron chi connectivity index (χ4n) is 2.57. The van der Waals surface area contributed by atoms with E-state index in [0.29, 0.717) is 10.6 Å². The highest BCUT2D eigenvalue weighted by Crippen LogP contribution is 2.27. The maximum Gasteiger partial charge on any atom is 0.252 e. The van der Waals surface area contributed by atoms with Crippen molar-refractivity contribution in [2.24, 2.45) is 7.05 Å². The number of imidazole rings is 1. The van der Waals surface area contributed by atoms with Crippen LogP contribution in [0, 0.1) is 6.92 Å². The predicted octanol–water partition coefficient (Wildman–Crippen LogP) is 3.90. The van der Waals surface area contributed by atoms with Gasteiger partial charge in [-0.1, -0.05) is 47.5 Å². The van der Waals surface area contributed by atoms with E-state index in [4.69, 9.17) is 11.6 Å². The molecule has 0 saturated carbocycles. The molecule has 1 N–H and O–H groups in total. The molecule has 122 valence electrons. The molecule has 4 nitrogen and oxygen atoms in total. The zero-order valence-corrected chi connectivity index (χ0v) is 14.3. The summed E-state index contributed by atoms with van der Waals surface area (Å²) in [7, 11) is 1.89. The SMILES string of the molecule is Cc1ccc(C(=O)NC(c2ccccc2Cl)c2nccn2C)cc1. The Morgan fingerprint density at radius 2 is 1.88 bits per heavy atom.